The predicted molar refractivity (Wildman–Crippen MR) is 116 cm³/mol. The molecule has 148 valence electrons. The molecule has 0 bridgehead atoms. The van der Waals surface area contributed by atoms with Crippen molar-refractivity contribution in [1.82, 2.24) is 14.8 Å². The molecule has 0 atom stereocenters. The third-order valence-corrected chi connectivity index (χ3v) is 5.91. The van der Waals surface area contributed by atoms with Crippen LogP contribution in [0.1, 0.15) is 11.1 Å². The Kier molecular flexibility index (Phi) is 5.34. The predicted octanol–water partition coefficient (Wildman–Crippen LogP) is 5.23. The second kappa shape index (κ2) is 7.93. The minimum Gasteiger partial charge on any atom is -0.453 e. The van der Waals surface area contributed by atoms with Crippen molar-refractivity contribution in [2.45, 2.75) is 19.0 Å². The van der Waals surface area contributed by atoms with Crippen LogP contribution in [0, 0.1) is 13.8 Å². The normalized spacial score (nSPS) is 11.2. The van der Waals surface area contributed by atoms with Gasteiger partial charge < -0.3 is 14.3 Å². The third kappa shape index (κ3) is 4.16. The molecule has 2 aromatic carbocycles. The number of amides is 1. The summed E-state index contributed by atoms with van der Waals surface area (Å²) in [5, 5.41) is 13.5. The van der Waals surface area contributed by atoms with Gasteiger partial charge in [-0.2, -0.15) is 0 Å². The molecule has 0 aliphatic heterocycles. The number of thioether (sulfide) groups is 1. The summed E-state index contributed by atoms with van der Waals surface area (Å²) < 4.78 is 7.67. The Balaban J connectivity index is 1.45. The topological polar surface area (TPSA) is 73.0 Å². The Morgan fingerprint density at radius 1 is 1.14 bits per heavy atom. The highest BCUT2D eigenvalue weighted by atomic mass is 35.5. The average molecular weight is 427 g/mol. The van der Waals surface area contributed by atoms with Gasteiger partial charge in [0.1, 0.15) is 5.58 Å². The van der Waals surface area contributed by atoms with Crippen LogP contribution in [-0.2, 0) is 11.8 Å². The molecule has 1 amide bonds. The number of anilines is 1. The van der Waals surface area contributed by atoms with E-state index in [1.807, 2.05) is 61.9 Å². The van der Waals surface area contributed by atoms with Crippen molar-refractivity contribution in [3.63, 3.8) is 0 Å². The van der Waals surface area contributed by atoms with Crippen LogP contribution in [0.15, 0.2) is 52.0 Å². The van der Waals surface area contributed by atoms with Gasteiger partial charge in [0.15, 0.2) is 16.7 Å². The lowest BCUT2D eigenvalue weighted by molar-refractivity contribution is -0.113. The van der Waals surface area contributed by atoms with Crippen LogP contribution < -0.4 is 5.32 Å². The van der Waals surface area contributed by atoms with Crippen LogP contribution in [0.4, 0.5) is 5.69 Å². The Bertz CT molecular complexity index is 1210. The van der Waals surface area contributed by atoms with E-state index < -0.39 is 0 Å². The first-order valence-electron chi connectivity index (χ1n) is 8.99. The Morgan fingerprint density at radius 2 is 1.97 bits per heavy atom. The van der Waals surface area contributed by atoms with Gasteiger partial charge in [0.25, 0.3) is 0 Å². The molecule has 29 heavy (non-hydrogen) atoms. The van der Waals surface area contributed by atoms with Gasteiger partial charge in [-0.3, -0.25) is 4.79 Å². The lowest BCUT2D eigenvalue weighted by atomic mass is 10.1. The van der Waals surface area contributed by atoms with Gasteiger partial charge >= 0.3 is 0 Å². The zero-order chi connectivity index (χ0) is 20.5. The fourth-order valence-electron chi connectivity index (χ4n) is 2.93. The van der Waals surface area contributed by atoms with E-state index in [0.29, 0.717) is 21.8 Å². The van der Waals surface area contributed by atoms with Crippen LogP contribution >= 0.6 is 23.4 Å². The van der Waals surface area contributed by atoms with E-state index in [2.05, 4.69) is 15.5 Å². The van der Waals surface area contributed by atoms with E-state index in [-0.39, 0.29) is 11.7 Å². The maximum Gasteiger partial charge on any atom is 0.234 e. The molecular formula is C21H19ClN4O2S. The summed E-state index contributed by atoms with van der Waals surface area (Å²) >= 11 is 7.36. The number of rotatable bonds is 5. The molecule has 2 aromatic heterocycles. The summed E-state index contributed by atoms with van der Waals surface area (Å²) in [4.78, 5) is 12.3. The van der Waals surface area contributed by atoms with Crippen molar-refractivity contribution < 1.29 is 9.21 Å². The highest BCUT2D eigenvalue weighted by Gasteiger charge is 2.16. The first-order valence-corrected chi connectivity index (χ1v) is 10.4. The number of carbonyl (C=O) groups excluding carboxylic acids is 1. The van der Waals surface area contributed by atoms with Crippen molar-refractivity contribution in [2.24, 2.45) is 7.05 Å². The van der Waals surface area contributed by atoms with Gasteiger partial charge in [-0.15, -0.1) is 10.2 Å². The van der Waals surface area contributed by atoms with E-state index in [0.717, 1.165) is 22.2 Å². The zero-order valence-corrected chi connectivity index (χ0v) is 17.8. The molecule has 0 radical (unpaired) electrons. The molecule has 6 nitrogen and oxygen atoms in total. The summed E-state index contributed by atoms with van der Waals surface area (Å²) in [5.74, 6) is 1.33. The number of halogens is 1. The summed E-state index contributed by atoms with van der Waals surface area (Å²) in [6.45, 7) is 4.06. The van der Waals surface area contributed by atoms with Crippen LogP contribution in [0.25, 0.3) is 22.6 Å². The molecule has 0 aliphatic rings. The monoisotopic (exact) mass is 426 g/mol. The fraction of sp³-hybridized carbons (Fsp3) is 0.190. The summed E-state index contributed by atoms with van der Waals surface area (Å²) in [6, 6.07) is 13.2. The first kappa shape index (κ1) is 19.5. The molecule has 4 rings (SSSR count). The largest absolute Gasteiger partial charge is 0.453 e. The number of aromatic nitrogens is 3. The number of nitrogens with one attached hydrogen (secondary N) is 1. The van der Waals surface area contributed by atoms with Gasteiger partial charge in [0, 0.05) is 23.1 Å². The van der Waals surface area contributed by atoms with Gasteiger partial charge in [-0.1, -0.05) is 29.4 Å². The molecular weight excluding hydrogens is 408 g/mol. The summed E-state index contributed by atoms with van der Waals surface area (Å²) in [6.07, 6.45) is 0. The number of carbonyl (C=O) groups is 1. The SMILES string of the molecule is Cc1ccc(NC(=O)CSc2nnc(-c3cc4cc(Cl)ccc4o3)n2C)cc1C. The van der Waals surface area contributed by atoms with Gasteiger partial charge in [0.05, 0.1) is 5.75 Å². The van der Waals surface area contributed by atoms with Gasteiger partial charge in [-0.25, -0.2) is 0 Å². The van der Waals surface area contributed by atoms with Gasteiger partial charge in [-0.05, 0) is 61.4 Å². The number of hydrogen-bond donors (Lipinski definition) is 1. The molecule has 0 saturated heterocycles. The minimum atomic E-state index is -0.0961. The zero-order valence-electron chi connectivity index (χ0n) is 16.2. The number of nitrogens with zero attached hydrogens (tertiary/aromatic N) is 3. The fourth-order valence-corrected chi connectivity index (χ4v) is 3.82. The molecule has 8 heteroatoms. The number of furan rings is 1. The Morgan fingerprint density at radius 3 is 2.76 bits per heavy atom. The second-order valence-electron chi connectivity index (χ2n) is 6.79. The van der Waals surface area contributed by atoms with Crippen LogP contribution in [0.5, 0.6) is 0 Å². The van der Waals surface area contributed by atoms with Crippen molar-refractivity contribution in [3.8, 4) is 11.6 Å². The smallest absolute Gasteiger partial charge is 0.234 e. The van der Waals surface area contributed by atoms with Gasteiger partial charge in [0.2, 0.25) is 5.91 Å². The van der Waals surface area contributed by atoms with Crippen LogP contribution in [0.3, 0.4) is 0 Å². The lowest BCUT2D eigenvalue weighted by Crippen LogP contribution is -2.14. The quantitative estimate of drug-likeness (QED) is 0.442. The molecule has 0 unspecified atom stereocenters. The Labute approximate surface area is 177 Å². The first-order chi connectivity index (χ1) is 13.9. The van der Waals surface area contributed by atoms with E-state index in [1.165, 1.54) is 17.3 Å². The van der Waals surface area contributed by atoms with Crippen molar-refractivity contribution in [3.05, 3.63) is 58.6 Å². The van der Waals surface area contributed by atoms with E-state index in [9.17, 15) is 4.79 Å². The van der Waals surface area contributed by atoms with E-state index >= 15 is 0 Å². The minimum absolute atomic E-state index is 0.0961. The van der Waals surface area contributed by atoms with E-state index in [4.69, 9.17) is 16.0 Å². The van der Waals surface area contributed by atoms with Crippen molar-refractivity contribution in [1.29, 1.82) is 0 Å². The molecule has 0 saturated carbocycles. The number of fused-ring (bicyclic) bond motifs is 1. The molecule has 0 fully saturated rings. The third-order valence-electron chi connectivity index (χ3n) is 4.66. The number of hydrogen-bond acceptors (Lipinski definition) is 5. The maximum absolute atomic E-state index is 12.3. The highest BCUT2D eigenvalue weighted by molar-refractivity contribution is 7.99. The molecule has 4 aromatic rings. The van der Waals surface area contributed by atoms with Crippen molar-refractivity contribution in [2.75, 3.05) is 11.1 Å². The maximum atomic E-state index is 12.3. The molecule has 2 heterocycles. The summed E-state index contributed by atoms with van der Waals surface area (Å²) in [5.41, 5.74) is 3.85. The lowest BCUT2D eigenvalue weighted by Gasteiger charge is -2.07. The van der Waals surface area contributed by atoms with Crippen LogP contribution in [0.2, 0.25) is 5.02 Å². The second-order valence-corrected chi connectivity index (χ2v) is 8.17. The summed E-state index contributed by atoms with van der Waals surface area (Å²) in [7, 11) is 1.85. The van der Waals surface area contributed by atoms with Crippen molar-refractivity contribution >= 4 is 45.9 Å². The molecule has 0 aliphatic carbocycles. The molecule has 1 N–H and O–H groups in total. The standard InChI is InChI=1S/C21H19ClN4O2S/c1-12-4-6-16(8-13(12)2)23-19(27)11-29-21-25-24-20(26(21)3)18-10-14-9-15(22)5-7-17(14)28-18/h4-10H,11H2,1-3H3,(H,23,27). The average Bonchev–Trinajstić information content (AvgIpc) is 3.25. The van der Waals surface area contributed by atoms with Crippen LogP contribution in [-0.4, -0.2) is 26.4 Å². The highest BCUT2D eigenvalue weighted by Crippen LogP contribution is 2.30. The number of aryl methyl sites for hydroxylation is 2. The molecule has 0 spiro atoms. The Hall–Kier alpha value is -2.77. The van der Waals surface area contributed by atoms with E-state index in [1.54, 1.807) is 6.07 Å². The number of benzene rings is 2.